The number of oxazole rings is 1. The molecule has 2 heterocycles. The molecular formula is C18H24LiN3O5. The van der Waals surface area contributed by atoms with Crippen LogP contribution in [0.5, 0.6) is 0 Å². The normalized spacial score (nSPS) is 19.9. The summed E-state index contributed by atoms with van der Waals surface area (Å²) < 4.78 is 11.1. The third kappa shape index (κ3) is 4.23. The van der Waals surface area contributed by atoms with E-state index in [1.807, 2.05) is 32.6 Å². The molecule has 142 valence electrons. The van der Waals surface area contributed by atoms with E-state index < -0.39 is 5.97 Å². The van der Waals surface area contributed by atoms with Crippen LogP contribution in [0.25, 0.3) is 11.1 Å². The first-order chi connectivity index (χ1) is 12.3. The third-order valence-electron chi connectivity index (χ3n) is 4.37. The van der Waals surface area contributed by atoms with E-state index in [0.29, 0.717) is 30.2 Å². The van der Waals surface area contributed by atoms with Gasteiger partial charge in [-0.25, -0.2) is 9.59 Å². The van der Waals surface area contributed by atoms with Crippen LogP contribution in [-0.2, 0) is 4.74 Å². The van der Waals surface area contributed by atoms with Crippen LogP contribution in [0.4, 0.5) is 10.8 Å². The number of piperazine rings is 1. The molecule has 1 fully saturated rings. The predicted molar refractivity (Wildman–Crippen MR) is 103 cm³/mol. The zero-order valence-corrected chi connectivity index (χ0v) is 15.3. The molecule has 2 aromatic rings. The molecule has 1 saturated heterocycles. The van der Waals surface area contributed by atoms with Crippen molar-refractivity contribution in [2.75, 3.05) is 18.0 Å². The first kappa shape index (κ1) is 21.1. The van der Waals surface area contributed by atoms with E-state index >= 15 is 0 Å². The maximum absolute atomic E-state index is 12.2. The summed E-state index contributed by atoms with van der Waals surface area (Å²) in [6.07, 6.45) is -0.498. The van der Waals surface area contributed by atoms with Gasteiger partial charge < -0.3 is 24.1 Å². The van der Waals surface area contributed by atoms with Crippen molar-refractivity contribution in [3.63, 3.8) is 0 Å². The number of hydrogen-bond acceptors (Lipinski definition) is 6. The van der Waals surface area contributed by atoms with Crippen molar-refractivity contribution in [2.45, 2.75) is 45.9 Å². The summed E-state index contributed by atoms with van der Waals surface area (Å²) in [4.78, 5) is 31.6. The van der Waals surface area contributed by atoms with E-state index in [9.17, 15) is 14.7 Å². The molecule has 0 bridgehead atoms. The second kappa shape index (κ2) is 8.24. The Labute approximate surface area is 169 Å². The van der Waals surface area contributed by atoms with Crippen LogP contribution in [0.3, 0.4) is 0 Å². The molecule has 0 saturated carbocycles. The fraction of sp³-hybridized carbons (Fsp3) is 0.500. The Morgan fingerprint density at radius 1 is 1.26 bits per heavy atom. The standard InChI is InChI=1S/C18H23N3O5.Li.H/c1-10(2)25-18(24)20-8-11(3)21(12(4)9-20)17-19-15-13(16(22)23)6-5-7-14(15)26-17;;/h5-7,10-12H,8-9H2,1-4H3,(H,22,23);;/t11-,12-;;/m0../s1. The molecule has 1 aliphatic rings. The van der Waals surface area contributed by atoms with Crippen LogP contribution in [-0.4, -0.2) is 77.2 Å². The Hall–Kier alpha value is -2.17. The number of ether oxygens (including phenoxy) is 1. The van der Waals surface area contributed by atoms with Crippen molar-refractivity contribution in [2.24, 2.45) is 0 Å². The predicted octanol–water partition coefficient (Wildman–Crippen LogP) is 2.32. The molecule has 8 nitrogen and oxygen atoms in total. The van der Waals surface area contributed by atoms with E-state index in [0.717, 1.165) is 0 Å². The summed E-state index contributed by atoms with van der Waals surface area (Å²) in [5, 5.41) is 9.32. The van der Waals surface area contributed by atoms with Gasteiger partial charge in [-0.2, -0.15) is 4.98 Å². The van der Waals surface area contributed by atoms with Crippen LogP contribution in [0.1, 0.15) is 38.1 Å². The van der Waals surface area contributed by atoms with Gasteiger partial charge in [0.1, 0.15) is 5.52 Å². The fourth-order valence-electron chi connectivity index (χ4n) is 3.34. The number of amides is 1. The Kier molecular flexibility index (Phi) is 6.45. The summed E-state index contributed by atoms with van der Waals surface area (Å²) in [5.74, 6) is -1.04. The third-order valence-corrected chi connectivity index (χ3v) is 4.37. The Bertz CT molecular complexity index is 826. The van der Waals surface area contributed by atoms with Crippen LogP contribution in [0.15, 0.2) is 22.6 Å². The number of carboxylic acids is 1. The van der Waals surface area contributed by atoms with E-state index in [-0.39, 0.29) is 48.7 Å². The van der Waals surface area contributed by atoms with E-state index in [1.165, 1.54) is 6.07 Å². The Morgan fingerprint density at radius 3 is 2.44 bits per heavy atom. The second-order valence-corrected chi connectivity index (χ2v) is 6.90. The van der Waals surface area contributed by atoms with Gasteiger partial charge >= 0.3 is 30.9 Å². The van der Waals surface area contributed by atoms with Gasteiger partial charge in [0.25, 0.3) is 6.01 Å². The number of rotatable bonds is 3. The first-order valence-electron chi connectivity index (χ1n) is 8.64. The first-order valence-corrected chi connectivity index (χ1v) is 8.64. The van der Waals surface area contributed by atoms with Gasteiger partial charge in [-0.3, -0.25) is 0 Å². The summed E-state index contributed by atoms with van der Waals surface area (Å²) in [6, 6.07) is 5.09. The van der Waals surface area contributed by atoms with Gasteiger partial charge in [-0.15, -0.1) is 0 Å². The molecule has 0 radical (unpaired) electrons. The van der Waals surface area contributed by atoms with Gasteiger partial charge in [0.2, 0.25) is 0 Å². The van der Waals surface area contributed by atoms with Crippen LogP contribution in [0.2, 0.25) is 0 Å². The van der Waals surface area contributed by atoms with E-state index in [4.69, 9.17) is 9.15 Å². The molecule has 0 unspecified atom stereocenters. The number of aromatic nitrogens is 1. The molecule has 2 atom stereocenters. The number of fused-ring (bicyclic) bond motifs is 1. The minimum atomic E-state index is -1.04. The zero-order chi connectivity index (χ0) is 19.0. The van der Waals surface area contributed by atoms with Crippen molar-refractivity contribution in [3.05, 3.63) is 23.8 Å². The number of aromatic carboxylic acids is 1. The number of hydrogen-bond donors (Lipinski definition) is 1. The second-order valence-electron chi connectivity index (χ2n) is 6.90. The van der Waals surface area contributed by atoms with Crippen molar-refractivity contribution in [1.82, 2.24) is 9.88 Å². The van der Waals surface area contributed by atoms with Gasteiger partial charge in [-0.05, 0) is 39.8 Å². The molecule has 1 aromatic carbocycles. The number of carbonyl (C=O) groups is 2. The molecule has 27 heavy (non-hydrogen) atoms. The van der Waals surface area contributed by atoms with E-state index in [1.54, 1.807) is 17.0 Å². The number of nitrogens with zero attached hydrogens (tertiary/aromatic N) is 3. The van der Waals surface area contributed by atoms with Gasteiger partial charge in [0.05, 0.1) is 11.7 Å². The van der Waals surface area contributed by atoms with E-state index in [2.05, 4.69) is 4.98 Å². The Morgan fingerprint density at radius 2 is 1.89 bits per heavy atom. The number of para-hydroxylation sites is 1. The summed E-state index contributed by atoms with van der Waals surface area (Å²) in [6.45, 7) is 8.52. The molecule has 0 spiro atoms. The van der Waals surface area contributed by atoms with Gasteiger partial charge in [0, 0.05) is 25.2 Å². The summed E-state index contributed by atoms with van der Waals surface area (Å²) in [7, 11) is 0. The van der Waals surface area contributed by atoms with Gasteiger partial charge in [0.15, 0.2) is 5.58 Å². The average molecular weight is 369 g/mol. The Balaban J connectivity index is 0.00000261. The number of carbonyl (C=O) groups excluding carboxylic acids is 1. The summed E-state index contributed by atoms with van der Waals surface area (Å²) >= 11 is 0. The van der Waals surface area contributed by atoms with Crippen LogP contribution in [0, 0.1) is 0 Å². The molecule has 1 aliphatic heterocycles. The molecule has 9 heteroatoms. The van der Waals surface area contributed by atoms with Crippen molar-refractivity contribution >= 4 is 48.0 Å². The quantitative estimate of drug-likeness (QED) is 0.830. The fourth-order valence-corrected chi connectivity index (χ4v) is 3.34. The van der Waals surface area contributed by atoms with Crippen LogP contribution >= 0.6 is 0 Å². The molecular weight excluding hydrogens is 345 g/mol. The minimum absolute atomic E-state index is 0. The molecule has 0 aliphatic carbocycles. The van der Waals surface area contributed by atoms with Crippen molar-refractivity contribution in [1.29, 1.82) is 0 Å². The zero-order valence-electron chi connectivity index (χ0n) is 15.3. The monoisotopic (exact) mass is 369 g/mol. The van der Waals surface area contributed by atoms with Crippen LogP contribution < -0.4 is 4.90 Å². The number of benzene rings is 1. The average Bonchev–Trinajstić information content (AvgIpc) is 2.96. The SMILES string of the molecule is CC(C)OC(=O)N1C[C@H](C)N(c2nc3c(C(=O)O)cccc3o2)[C@@H](C)C1.[LiH]. The summed E-state index contributed by atoms with van der Waals surface area (Å²) in [5.41, 5.74) is 0.869. The molecule has 3 rings (SSSR count). The number of carboxylic acid groups (broad SMARTS) is 1. The molecule has 1 N–H and O–H groups in total. The molecule has 1 amide bonds. The number of anilines is 1. The molecule has 1 aromatic heterocycles. The maximum atomic E-state index is 12.2. The van der Waals surface area contributed by atoms with Gasteiger partial charge in [-0.1, -0.05) is 6.07 Å². The van der Waals surface area contributed by atoms with Crippen molar-refractivity contribution in [3.8, 4) is 0 Å². The topological polar surface area (TPSA) is 96.1 Å². The van der Waals surface area contributed by atoms with Crippen molar-refractivity contribution < 1.29 is 23.8 Å².